The first-order valence-corrected chi connectivity index (χ1v) is 8.10. The molecule has 3 heteroatoms. The van der Waals surface area contributed by atoms with Gasteiger partial charge in [0.15, 0.2) is 0 Å². The zero-order chi connectivity index (χ0) is 17.6. The van der Waals surface area contributed by atoms with Crippen LogP contribution in [0.5, 0.6) is 0 Å². The second kappa shape index (κ2) is 7.46. The number of anilines is 1. The molecule has 0 saturated heterocycles. The maximum Gasteiger partial charge on any atom is 0.258 e. The van der Waals surface area contributed by atoms with Crippen LogP contribution >= 0.6 is 0 Å². The molecule has 0 spiro atoms. The van der Waals surface area contributed by atoms with E-state index >= 15 is 0 Å². The summed E-state index contributed by atoms with van der Waals surface area (Å²) in [6.07, 6.45) is 0. The standard InChI is InChI=1S/C22H18N2O/c1-17-7-13-21(14-8-17)24(16-19-5-3-2-4-6-19)22(25)20-11-9-18(15-23)10-12-20/h2-14H,16H2,1H3. The molecule has 0 heterocycles. The predicted molar refractivity (Wildman–Crippen MR) is 99.3 cm³/mol. The fourth-order valence-corrected chi connectivity index (χ4v) is 2.61. The highest BCUT2D eigenvalue weighted by Gasteiger charge is 2.18. The molecule has 25 heavy (non-hydrogen) atoms. The molecule has 0 aromatic heterocycles. The topological polar surface area (TPSA) is 44.1 Å². The summed E-state index contributed by atoms with van der Waals surface area (Å²) in [7, 11) is 0. The van der Waals surface area contributed by atoms with Crippen LogP contribution in [0.1, 0.15) is 27.0 Å². The molecule has 0 radical (unpaired) electrons. The van der Waals surface area contributed by atoms with Crippen LogP contribution in [0.3, 0.4) is 0 Å². The van der Waals surface area contributed by atoms with E-state index < -0.39 is 0 Å². The highest BCUT2D eigenvalue weighted by Crippen LogP contribution is 2.21. The van der Waals surface area contributed by atoms with Crippen LogP contribution in [-0.4, -0.2) is 5.91 Å². The first kappa shape index (κ1) is 16.5. The summed E-state index contributed by atoms with van der Waals surface area (Å²) >= 11 is 0. The SMILES string of the molecule is Cc1ccc(N(Cc2ccccc2)C(=O)c2ccc(C#N)cc2)cc1. The molecule has 0 aliphatic rings. The first-order valence-electron chi connectivity index (χ1n) is 8.10. The number of hydrogen-bond acceptors (Lipinski definition) is 2. The van der Waals surface area contributed by atoms with Gasteiger partial charge in [0.25, 0.3) is 5.91 Å². The normalized spacial score (nSPS) is 10.1. The van der Waals surface area contributed by atoms with Crippen molar-refractivity contribution in [3.05, 3.63) is 101 Å². The van der Waals surface area contributed by atoms with Crippen molar-refractivity contribution in [2.75, 3.05) is 4.90 Å². The lowest BCUT2D eigenvalue weighted by Crippen LogP contribution is -2.30. The van der Waals surface area contributed by atoms with Gasteiger partial charge in [-0.25, -0.2) is 0 Å². The average molecular weight is 326 g/mol. The fraction of sp³-hybridized carbons (Fsp3) is 0.0909. The number of nitrogens with zero attached hydrogens (tertiary/aromatic N) is 2. The van der Waals surface area contributed by atoms with E-state index in [9.17, 15) is 4.79 Å². The Morgan fingerprint density at radius 1 is 0.920 bits per heavy atom. The third-order valence-corrected chi connectivity index (χ3v) is 4.04. The van der Waals surface area contributed by atoms with E-state index in [-0.39, 0.29) is 5.91 Å². The van der Waals surface area contributed by atoms with Crippen LogP contribution in [0.4, 0.5) is 5.69 Å². The lowest BCUT2D eigenvalue weighted by Gasteiger charge is -2.23. The zero-order valence-corrected chi connectivity index (χ0v) is 14.0. The van der Waals surface area contributed by atoms with E-state index in [0.29, 0.717) is 17.7 Å². The van der Waals surface area contributed by atoms with Crippen molar-refractivity contribution in [2.45, 2.75) is 13.5 Å². The van der Waals surface area contributed by atoms with Crippen molar-refractivity contribution >= 4 is 11.6 Å². The van der Waals surface area contributed by atoms with Crippen LogP contribution in [0.15, 0.2) is 78.9 Å². The Labute approximate surface area is 147 Å². The van der Waals surface area contributed by atoms with Gasteiger partial charge in [0.1, 0.15) is 0 Å². The molecule has 122 valence electrons. The van der Waals surface area contributed by atoms with Gasteiger partial charge in [-0.3, -0.25) is 4.79 Å². The van der Waals surface area contributed by atoms with Crippen LogP contribution in [0, 0.1) is 18.3 Å². The highest BCUT2D eigenvalue weighted by atomic mass is 16.2. The Hall–Kier alpha value is -3.38. The summed E-state index contributed by atoms with van der Waals surface area (Å²) in [4.78, 5) is 14.8. The molecule has 0 N–H and O–H groups in total. The fourth-order valence-electron chi connectivity index (χ4n) is 2.61. The molecule has 3 aromatic rings. The van der Waals surface area contributed by atoms with Gasteiger partial charge in [0, 0.05) is 11.3 Å². The quantitative estimate of drug-likeness (QED) is 0.696. The molecule has 0 aliphatic heterocycles. The van der Waals surface area contributed by atoms with E-state index in [1.54, 1.807) is 29.2 Å². The van der Waals surface area contributed by atoms with Gasteiger partial charge in [-0.05, 0) is 48.9 Å². The lowest BCUT2D eigenvalue weighted by atomic mass is 10.1. The molecule has 0 aliphatic carbocycles. The van der Waals surface area contributed by atoms with E-state index in [1.807, 2.05) is 61.5 Å². The van der Waals surface area contributed by atoms with Crippen molar-refractivity contribution in [1.29, 1.82) is 5.26 Å². The van der Waals surface area contributed by atoms with E-state index in [1.165, 1.54) is 0 Å². The van der Waals surface area contributed by atoms with Gasteiger partial charge in [-0.1, -0.05) is 48.0 Å². The van der Waals surface area contributed by atoms with Crippen molar-refractivity contribution in [2.24, 2.45) is 0 Å². The van der Waals surface area contributed by atoms with E-state index in [0.717, 1.165) is 16.8 Å². The number of aryl methyl sites for hydroxylation is 1. The minimum absolute atomic E-state index is 0.0859. The van der Waals surface area contributed by atoms with Crippen LogP contribution in [0.25, 0.3) is 0 Å². The Kier molecular flexibility index (Phi) is 4.92. The average Bonchev–Trinajstić information content (AvgIpc) is 2.67. The summed E-state index contributed by atoms with van der Waals surface area (Å²) in [6.45, 7) is 2.51. The smallest absolute Gasteiger partial charge is 0.258 e. The highest BCUT2D eigenvalue weighted by molar-refractivity contribution is 6.06. The zero-order valence-electron chi connectivity index (χ0n) is 14.0. The number of rotatable bonds is 4. The van der Waals surface area contributed by atoms with Gasteiger partial charge in [-0.15, -0.1) is 0 Å². The molecule has 0 atom stereocenters. The second-order valence-corrected chi connectivity index (χ2v) is 5.90. The van der Waals surface area contributed by atoms with E-state index in [2.05, 4.69) is 6.07 Å². The van der Waals surface area contributed by atoms with Gasteiger partial charge < -0.3 is 4.90 Å². The summed E-state index contributed by atoms with van der Waals surface area (Å²) < 4.78 is 0. The van der Waals surface area contributed by atoms with E-state index in [4.69, 9.17) is 5.26 Å². The van der Waals surface area contributed by atoms with Crippen molar-refractivity contribution in [1.82, 2.24) is 0 Å². The monoisotopic (exact) mass is 326 g/mol. The molecule has 1 amide bonds. The third-order valence-electron chi connectivity index (χ3n) is 4.04. The summed E-state index contributed by atoms with van der Waals surface area (Å²) in [6, 6.07) is 26.6. The van der Waals surface area contributed by atoms with Gasteiger partial charge in [0.2, 0.25) is 0 Å². The number of carbonyl (C=O) groups is 1. The molecular formula is C22H18N2O. The summed E-state index contributed by atoms with van der Waals surface area (Å²) in [5.41, 5.74) is 4.17. The predicted octanol–water partition coefficient (Wildman–Crippen LogP) is 4.71. The molecule has 3 nitrogen and oxygen atoms in total. The number of benzene rings is 3. The Balaban J connectivity index is 1.95. The van der Waals surface area contributed by atoms with Crippen molar-refractivity contribution in [3.63, 3.8) is 0 Å². The maximum absolute atomic E-state index is 13.1. The van der Waals surface area contributed by atoms with Crippen LogP contribution in [-0.2, 0) is 6.54 Å². The Morgan fingerprint density at radius 2 is 1.56 bits per heavy atom. The molecule has 0 saturated carbocycles. The minimum atomic E-state index is -0.0859. The Bertz CT molecular complexity index is 892. The molecule has 3 rings (SSSR count). The maximum atomic E-state index is 13.1. The van der Waals surface area contributed by atoms with Crippen LogP contribution in [0.2, 0.25) is 0 Å². The second-order valence-electron chi connectivity index (χ2n) is 5.90. The van der Waals surface area contributed by atoms with Crippen molar-refractivity contribution < 1.29 is 4.79 Å². The molecule has 0 unspecified atom stereocenters. The molecule has 0 fully saturated rings. The van der Waals surface area contributed by atoms with Crippen molar-refractivity contribution in [3.8, 4) is 6.07 Å². The molecule has 0 bridgehead atoms. The summed E-state index contributed by atoms with van der Waals surface area (Å²) in [5.74, 6) is -0.0859. The Morgan fingerprint density at radius 3 is 2.16 bits per heavy atom. The lowest BCUT2D eigenvalue weighted by molar-refractivity contribution is 0.0985. The van der Waals surface area contributed by atoms with Gasteiger partial charge in [-0.2, -0.15) is 5.26 Å². The number of amides is 1. The third kappa shape index (κ3) is 3.94. The number of carbonyl (C=O) groups excluding carboxylic acids is 1. The molecular weight excluding hydrogens is 308 g/mol. The largest absolute Gasteiger partial charge is 0.304 e. The number of hydrogen-bond donors (Lipinski definition) is 0. The van der Waals surface area contributed by atoms with Crippen LogP contribution < -0.4 is 4.90 Å². The minimum Gasteiger partial charge on any atom is -0.304 e. The van der Waals surface area contributed by atoms with Gasteiger partial charge >= 0.3 is 0 Å². The first-order chi connectivity index (χ1) is 12.2. The molecule has 3 aromatic carbocycles. The summed E-state index contributed by atoms with van der Waals surface area (Å²) in [5, 5.41) is 8.93. The van der Waals surface area contributed by atoms with Gasteiger partial charge in [0.05, 0.1) is 18.2 Å². The number of nitriles is 1.